The lowest BCUT2D eigenvalue weighted by atomic mass is 9.83. The SMILES string of the molecule is PC1(CCP(c2ccccc2)c2ccccc2)C=CC=CC1CCP(c1ccccc1)c1ccccc1. The van der Waals surface area contributed by atoms with Crippen molar-refractivity contribution in [2.75, 3.05) is 12.3 Å². The van der Waals surface area contributed by atoms with Crippen LogP contribution in [0.3, 0.4) is 0 Å². The van der Waals surface area contributed by atoms with E-state index in [1.54, 1.807) is 0 Å². The predicted molar refractivity (Wildman–Crippen MR) is 171 cm³/mol. The number of rotatable bonds is 10. The molecule has 3 atom stereocenters. The molecule has 3 unspecified atom stereocenters. The van der Waals surface area contributed by atoms with Crippen molar-refractivity contribution in [1.29, 1.82) is 0 Å². The molecule has 37 heavy (non-hydrogen) atoms. The first-order valence-electron chi connectivity index (χ1n) is 13.1. The van der Waals surface area contributed by atoms with E-state index >= 15 is 0 Å². The Hall–Kier alpha value is -2.35. The second-order valence-electron chi connectivity index (χ2n) is 9.65. The van der Waals surface area contributed by atoms with Gasteiger partial charge in [0, 0.05) is 5.16 Å². The molecule has 5 rings (SSSR count). The van der Waals surface area contributed by atoms with Gasteiger partial charge in [0.2, 0.25) is 0 Å². The Labute approximate surface area is 227 Å². The minimum Gasteiger partial charge on any atom is -0.126 e. The fourth-order valence-corrected chi connectivity index (χ4v) is 10.9. The summed E-state index contributed by atoms with van der Waals surface area (Å²) in [5.41, 5.74) is 0. The van der Waals surface area contributed by atoms with Gasteiger partial charge >= 0.3 is 0 Å². The summed E-state index contributed by atoms with van der Waals surface area (Å²) >= 11 is 0. The average molecular weight is 537 g/mol. The average Bonchev–Trinajstić information content (AvgIpc) is 2.96. The van der Waals surface area contributed by atoms with Gasteiger partial charge in [-0.3, -0.25) is 0 Å². The lowest BCUT2D eigenvalue weighted by molar-refractivity contribution is 0.491. The van der Waals surface area contributed by atoms with Crippen LogP contribution in [0.1, 0.15) is 12.8 Å². The number of hydrogen-bond acceptors (Lipinski definition) is 0. The summed E-state index contributed by atoms with van der Waals surface area (Å²) < 4.78 is 0. The van der Waals surface area contributed by atoms with E-state index in [2.05, 4.69) is 155 Å². The Morgan fingerprint density at radius 2 is 0.946 bits per heavy atom. The van der Waals surface area contributed by atoms with Gasteiger partial charge in [0.25, 0.3) is 0 Å². The van der Waals surface area contributed by atoms with E-state index in [0.29, 0.717) is 5.92 Å². The van der Waals surface area contributed by atoms with Crippen LogP contribution in [-0.2, 0) is 0 Å². The van der Waals surface area contributed by atoms with Crippen LogP contribution >= 0.6 is 25.1 Å². The van der Waals surface area contributed by atoms with Crippen LogP contribution < -0.4 is 21.2 Å². The highest BCUT2D eigenvalue weighted by molar-refractivity contribution is 7.73. The third-order valence-electron chi connectivity index (χ3n) is 7.25. The molecule has 3 heteroatoms. The fourth-order valence-electron chi connectivity index (χ4n) is 5.19. The molecule has 0 spiro atoms. The predicted octanol–water partition coefficient (Wildman–Crippen LogP) is 7.39. The maximum atomic E-state index is 3.29. The molecule has 0 aromatic heterocycles. The van der Waals surface area contributed by atoms with Gasteiger partial charge in [-0.15, -0.1) is 9.24 Å². The monoisotopic (exact) mass is 536 g/mol. The number of allylic oxidation sites excluding steroid dienone is 4. The van der Waals surface area contributed by atoms with Crippen molar-refractivity contribution >= 4 is 46.3 Å². The summed E-state index contributed by atoms with van der Waals surface area (Å²) in [6.07, 6.45) is 14.2. The van der Waals surface area contributed by atoms with Crippen LogP contribution in [0.2, 0.25) is 0 Å². The second kappa shape index (κ2) is 12.9. The molecule has 0 aliphatic heterocycles. The molecule has 0 radical (unpaired) electrons. The molecule has 0 nitrogen and oxygen atoms in total. The Morgan fingerprint density at radius 3 is 1.38 bits per heavy atom. The first-order valence-corrected chi connectivity index (χ1v) is 16.8. The van der Waals surface area contributed by atoms with Crippen molar-refractivity contribution in [2.45, 2.75) is 18.0 Å². The van der Waals surface area contributed by atoms with E-state index in [0.717, 1.165) is 6.42 Å². The minimum absolute atomic E-state index is 0.0905. The highest BCUT2D eigenvalue weighted by Crippen LogP contribution is 2.46. The molecule has 1 aliphatic rings. The van der Waals surface area contributed by atoms with Crippen LogP contribution in [0.15, 0.2) is 146 Å². The minimum atomic E-state index is -0.388. The van der Waals surface area contributed by atoms with E-state index in [1.807, 2.05) is 0 Å². The van der Waals surface area contributed by atoms with Gasteiger partial charge in [0.05, 0.1) is 0 Å². The molecule has 186 valence electrons. The molecule has 4 aromatic carbocycles. The summed E-state index contributed by atoms with van der Waals surface area (Å²) in [4.78, 5) is 0. The zero-order valence-electron chi connectivity index (χ0n) is 21.2. The van der Waals surface area contributed by atoms with E-state index in [1.165, 1.54) is 40.0 Å². The van der Waals surface area contributed by atoms with Crippen LogP contribution in [0.5, 0.6) is 0 Å². The highest BCUT2D eigenvalue weighted by Gasteiger charge is 2.33. The topological polar surface area (TPSA) is 0 Å². The normalized spacial score (nSPS) is 18.9. The Morgan fingerprint density at radius 1 is 0.541 bits per heavy atom. The van der Waals surface area contributed by atoms with Crippen molar-refractivity contribution in [3.8, 4) is 0 Å². The maximum absolute atomic E-state index is 3.29. The van der Waals surface area contributed by atoms with Gasteiger partial charge in [0.1, 0.15) is 0 Å². The Bertz CT molecular complexity index is 1210. The van der Waals surface area contributed by atoms with E-state index in [9.17, 15) is 0 Å². The largest absolute Gasteiger partial charge is 0.126 e. The Kier molecular flexibility index (Phi) is 9.19. The van der Waals surface area contributed by atoms with Gasteiger partial charge in [-0.1, -0.05) is 146 Å². The first kappa shape index (κ1) is 26.3. The molecule has 0 N–H and O–H groups in total. The van der Waals surface area contributed by atoms with Crippen LogP contribution in [0.25, 0.3) is 0 Å². The second-order valence-corrected chi connectivity index (χ2v) is 15.4. The third kappa shape index (κ3) is 6.75. The standard InChI is InChI=1S/C34H35P3/c35-34(26-28-37(32-20-9-3-10-21-32)33-22-11-4-12-23-33)25-14-13-15-29(34)24-27-36(30-16-5-1-6-17-30)31-18-7-2-8-19-31/h1-23,25,29H,24,26-28,35H2. The highest BCUT2D eigenvalue weighted by atomic mass is 31.1. The summed E-state index contributed by atoms with van der Waals surface area (Å²) in [6.45, 7) is 0. The van der Waals surface area contributed by atoms with Gasteiger partial charge in [0.15, 0.2) is 0 Å². The zero-order chi connectivity index (χ0) is 25.3. The summed E-state index contributed by atoms with van der Waals surface area (Å²) in [7, 11) is 2.52. The molecular weight excluding hydrogens is 501 g/mol. The van der Waals surface area contributed by atoms with Gasteiger partial charge in [-0.25, -0.2) is 0 Å². The van der Waals surface area contributed by atoms with Crippen molar-refractivity contribution < 1.29 is 0 Å². The van der Waals surface area contributed by atoms with Gasteiger partial charge < -0.3 is 0 Å². The van der Waals surface area contributed by atoms with E-state index in [-0.39, 0.29) is 21.0 Å². The summed E-state index contributed by atoms with van der Waals surface area (Å²) in [6, 6.07) is 44.5. The molecule has 0 amide bonds. The first-order chi connectivity index (χ1) is 18.2. The lowest BCUT2D eigenvalue weighted by Crippen LogP contribution is -2.32. The molecule has 0 bridgehead atoms. The molecule has 0 saturated carbocycles. The fraction of sp³-hybridized carbons (Fsp3) is 0.176. The third-order valence-corrected chi connectivity index (χ3v) is 13.2. The molecule has 4 aromatic rings. The van der Waals surface area contributed by atoms with E-state index in [4.69, 9.17) is 0 Å². The summed E-state index contributed by atoms with van der Waals surface area (Å²) in [5.74, 6) is 0.517. The van der Waals surface area contributed by atoms with Crippen molar-refractivity contribution in [3.05, 3.63) is 146 Å². The molecular formula is C34H35P3. The molecule has 0 fully saturated rings. The van der Waals surface area contributed by atoms with Crippen LogP contribution in [0.4, 0.5) is 0 Å². The maximum Gasteiger partial charge on any atom is 0.00962 e. The summed E-state index contributed by atoms with van der Waals surface area (Å²) in [5, 5.41) is 5.99. The smallest absolute Gasteiger partial charge is 0.00962 e. The number of benzene rings is 4. The molecule has 0 saturated heterocycles. The van der Waals surface area contributed by atoms with Gasteiger partial charge in [-0.05, 0) is 68.1 Å². The Balaban J connectivity index is 1.34. The molecule has 1 aliphatic carbocycles. The van der Waals surface area contributed by atoms with Crippen molar-refractivity contribution in [3.63, 3.8) is 0 Å². The van der Waals surface area contributed by atoms with Gasteiger partial charge in [-0.2, -0.15) is 0 Å². The lowest BCUT2D eigenvalue weighted by Gasteiger charge is -2.37. The van der Waals surface area contributed by atoms with Crippen molar-refractivity contribution in [1.82, 2.24) is 0 Å². The van der Waals surface area contributed by atoms with Crippen molar-refractivity contribution in [2.24, 2.45) is 5.92 Å². The van der Waals surface area contributed by atoms with E-state index < -0.39 is 0 Å². The quantitative estimate of drug-likeness (QED) is 0.186. The molecule has 0 heterocycles. The number of hydrogen-bond donors (Lipinski definition) is 0. The zero-order valence-corrected chi connectivity index (χ0v) is 24.2. The van der Waals surface area contributed by atoms with Crippen LogP contribution in [-0.4, -0.2) is 17.5 Å². The van der Waals surface area contributed by atoms with Crippen LogP contribution in [0, 0.1) is 5.92 Å².